The average molecular weight is 226 g/mol. The molecule has 1 rings (SSSR count). The van der Waals surface area contributed by atoms with Gasteiger partial charge in [0.15, 0.2) is 0 Å². The summed E-state index contributed by atoms with van der Waals surface area (Å²) in [5.74, 6) is -1.47. The second kappa shape index (κ2) is 4.12. The van der Waals surface area contributed by atoms with Gasteiger partial charge < -0.3 is 10.2 Å². The first kappa shape index (κ1) is 12.5. The lowest BCUT2D eigenvalue weighted by molar-refractivity contribution is -0.146. The van der Waals surface area contributed by atoms with Gasteiger partial charge in [0, 0.05) is 5.56 Å². The summed E-state index contributed by atoms with van der Waals surface area (Å²) in [4.78, 5) is 11.0. The van der Waals surface area contributed by atoms with Crippen LogP contribution < -0.4 is 0 Å². The molecule has 0 saturated carbocycles. The normalized spacial score (nSPS) is 11.5. The molecule has 2 N–H and O–H groups in total. The number of phenols is 1. The molecule has 3 nitrogen and oxygen atoms in total. The number of rotatable bonds is 3. The van der Waals surface area contributed by atoms with Crippen molar-refractivity contribution in [1.29, 1.82) is 0 Å². The number of carbonyl (C=O) groups is 1. The zero-order chi connectivity index (χ0) is 12.5. The van der Waals surface area contributed by atoms with Gasteiger partial charge in [-0.3, -0.25) is 4.79 Å². The Morgan fingerprint density at radius 2 is 2.00 bits per heavy atom. The van der Waals surface area contributed by atoms with Gasteiger partial charge in [-0.1, -0.05) is 0 Å². The molecule has 0 bridgehead atoms. The highest BCUT2D eigenvalue weighted by Crippen LogP contribution is 2.30. The first-order valence-electron chi connectivity index (χ1n) is 4.96. The third-order valence-electron chi connectivity index (χ3n) is 2.71. The number of hydrogen-bond acceptors (Lipinski definition) is 2. The van der Waals surface area contributed by atoms with E-state index in [4.69, 9.17) is 5.11 Å². The van der Waals surface area contributed by atoms with E-state index >= 15 is 0 Å². The topological polar surface area (TPSA) is 57.5 Å². The van der Waals surface area contributed by atoms with Gasteiger partial charge in [0.25, 0.3) is 0 Å². The second-order valence-corrected chi connectivity index (χ2v) is 4.54. The SMILES string of the molecule is Cc1c(F)ccc(O)c1CC(C)(C)C(=O)O. The Labute approximate surface area is 93.5 Å². The first-order chi connectivity index (χ1) is 7.25. The van der Waals surface area contributed by atoms with Crippen LogP contribution in [-0.2, 0) is 11.2 Å². The largest absolute Gasteiger partial charge is 0.508 e. The van der Waals surface area contributed by atoms with Gasteiger partial charge >= 0.3 is 5.97 Å². The van der Waals surface area contributed by atoms with Crippen molar-refractivity contribution < 1.29 is 19.4 Å². The summed E-state index contributed by atoms with van der Waals surface area (Å²) in [6.07, 6.45) is 0.0950. The van der Waals surface area contributed by atoms with Crippen LogP contribution in [0.25, 0.3) is 0 Å². The van der Waals surface area contributed by atoms with Crippen LogP contribution in [-0.4, -0.2) is 16.2 Å². The number of halogens is 1. The monoisotopic (exact) mass is 226 g/mol. The Morgan fingerprint density at radius 3 is 2.50 bits per heavy atom. The van der Waals surface area contributed by atoms with Crippen molar-refractivity contribution in [2.75, 3.05) is 0 Å². The number of carboxylic acid groups (broad SMARTS) is 1. The lowest BCUT2D eigenvalue weighted by Crippen LogP contribution is -2.26. The molecule has 1 aromatic rings. The standard InChI is InChI=1S/C12H15FO3/c1-7-8(6-12(2,3)11(15)16)10(14)5-4-9(7)13/h4-5,14H,6H2,1-3H3,(H,15,16). The molecule has 0 aromatic heterocycles. The molecule has 0 unspecified atom stereocenters. The van der Waals surface area contributed by atoms with Crippen molar-refractivity contribution in [3.05, 3.63) is 29.1 Å². The summed E-state index contributed by atoms with van der Waals surface area (Å²) in [5, 5.41) is 18.6. The van der Waals surface area contributed by atoms with Crippen molar-refractivity contribution >= 4 is 5.97 Å². The van der Waals surface area contributed by atoms with Gasteiger partial charge in [-0.2, -0.15) is 0 Å². The van der Waals surface area contributed by atoms with Crippen LogP contribution in [0.15, 0.2) is 12.1 Å². The lowest BCUT2D eigenvalue weighted by Gasteiger charge is -2.21. The van der Waals surface area contributed by atoms with E-state index in [-0.39, 0.29) is 12.2 Å². The minimum Gasteiger partial charge on any atom is -0.508 e. The Hall–Kier alpha value is -1.58. The molecule has 0 atom stereocenters. The maximum atomic E-state index is 13.3. The molecule has 0 heterocycles. The van der Waals surface area contributed by atoms with Crippen LogP contribution >= 0.6 is 0 Å². The Bertz CT molecular complexity index is 425. The summed E-state index contributed by atoms with van der Waals surface area (Å²) in [7, 11) is 0. The molecule has 0 aliphatic carbocycles. The Kier molecular flexibility index (Phi) is 3.21. The third kappa shape index (κ3) is 2.32. The smallest absolute Gasteiger partial charge is 0.309 e. The van der Waals surface area contributed by atoms with E-state index in [0.717, 1.165) is 0 Å². The maximum absolute atomic E-state index is 13.3. The van der Waals surface area contributed by atoms with Crippen molar-refractivity contribution in [3.8, 4) is 5.75 Å². The minimum absolute atomic E-state index is 0.0618. The molecule has 0 aliphatic rings. The zero-order valence-electron chi connectivity index (χ0n) is 9.54. The van der Waals surface area contributed by atoms with E-state index in [2.05, 4.69) is 0 Å². The summed E-state index contributed by atoms with van der Waals surface area (Å²) in [5.41, 5.74) is -0.377. The lowest BCUT2D eigenvalue weighted by atomic mass is 9.84. The number of benzene rings is 1. The van der Waals surface area contributed by atoms with E-state index in [0.29, 0.717) is 11.1 Å². The van der Waals surface area contributed by atoms with Gasteiger partial charge in [0.2, 0.25) is 0 Å². The van der Waals surface area contributed by atoms with E-state index < -0.39 is 17.2 Å². The molecule has 4 heteroatoms. The number of phenolic OH excluding ortho intramolecular Hbond substituents is 1. The van der Waals surface area contributed by atoms with Crippen molar-refractivity contribution in [2.45, 2.75) is 27.2 Å². The molecule has 0 radical (unpaired) electrons. The second-order valence-electron chi connectivity index (χ2n) is 4.54. The van der Waals surface area contributed by atoms with Gasteiger partial charge in [0.1, 0.15) is 11.6 Å². The van der Waals surface area contributed by atoms with Crippen molar-refractivity contribution in [2.24, 2.45) is 5.41 Å². The molecular weight excluding hydrogens is 211 g/mol. The molecule has 88 valence electrons. The average Bonchev–Trinajstić information content (AvgIpc) is 2.18. The molecule has 16 heavy (non-hydrogen) atoms. The predicted molar refractivity (Wildman–Crippen MR) is 57.9 cm³/mol. The van der Waals surface area contributed by atoms with Gasteiger partial charge in [-0.25, -0.2) is 4.39 Å². The van der Waals surface area contributed by atoms with E-state index in [1.165, 1.54) is 19.1 Å². The van der Waals surface area contributed by atoms with Crippen LogP contribution in [0.2, 0.25) is 0 Å². The molecule has 0 saturated heterocycles. The van der Waals surface area contributed by atoms with Gasteiger partial charge in [-0.05, 0) is 44.9 Å². The number of aliphatic carboxylic acids is 1. The summed E-state index contributed by atoms with van der Waals surface area (Å²) in [6.45, 7) is 4.61. The first-order valence-corrected chi connectivity index (χ1v) is 4.96. The fraction of sp³-hybridized carbons (Fsp3) is 0.417. The molecule has 0 aliphatic heterocycles. The quantitative estimate of drug-likeness (QED) is 0.832. The van der Waals surface area contributed by atoms with Gasteiger partial charge in [0.05, 0.1) is 5.41 Å². The van der Waals surface area contributed by atoms with Crippen molar-refractivity contribution in [3.63, 3.8) is 0 Å². The van der Waals surface area contributed by atoms with Crippen molar-refractivity contribution in [1.82, 2.24) is 0 Å². The predicted octanol–water partition coefficient (Wildman–Crippen LogP) is 2.49. The summed E-state index contributed by atoms with van der Waals surface area (Å²) >= 11 is 0. The number of carboxylic acids is 1. The maximum Gasteiger partial charge on any atom is 0.309 e. The van der Waals surface area contributed by atoms with Gasteiger partial charge in [-0.15, -0.1) is 0 Å². The van der Waals surface area contributed by atoms with E-state index in [9.17, 15) is 14.3 Å². The molecule has 1 aromatic carbocycles. The zero-order valence-corrected chi connectivity index (χ0v) is 9.54. The van der Waals surface area contributed by atoms with E-state index in [1.54, 1.807) is 13.8 Å². The summed E-state index contributed by atoms with van der Waals surface area (Å²) in [6, 6.07) is 2.41. The highest BCUT2D eigenvalue weighted by Gasteiger charge is 2.29. The van der Waals surface area contributed by atoms with Crippen LogP contribution in [0.1, 0.15) is 25.0 Å². The minimum atomic E-state index is -1.03. The highest BCUT2D eigenvalue weighted by atomic mass is 19.1. The fourth-order valence-corrected chi connectivity index (χ4v) is 1.45. The van der Waals surface area contributed by atoms with Crippen LogP contribution in [0.4, 0.5) is 4.39 Å². The molecule has 0 amide bonds. The van der Waals surface area contributed by atoms with Crippen LogP contribution in [0.5, 0.6) is 5.75 Å². The molecule has 0 spiro atoms. The molecule has 0 fully saturated rings. The Balaban J connectivity index is 3.15. The van der Waals surface area contributed by atoms with Crippen LogP contribution in [0.3, 0.4) is 0 Å². The highest BCUT2D eigenvalue weighted by molar-refractivity contribution is 5.74. The Morgan fingerprint density at radius 1 is 1.44 bits per heavy atom. The fourth-order valence-electron chi connectivity index (χ4n) is 1.45. The number of aromatic hydroxyl groups is 1. The van der Waals surface area contributed by atoms with E-state index in [1.807, 2.05) is 0 Å². The third-order valence-corrected chi connectivity index (χ3v) is 2.71. The number of hydrogen-bond donors (Lipinski definition) is 2. The molecular formula is C12H15FO3. The summed E-state index contributed by atoms with van der Waals surface area (Å²) < 4.78 is 13.3. The van der Waals surface area contributed by atoms with Crippen LogP contribution in [0, 0.1) is 18.2 Å².